The number of hydrogen-bond acceptors (Lipinski definition) is 4. The lowest BCUT2D eigenvalue weighted by molar-refractivity contribution is -0.384. The van der Waals surface area contributed by atoms with E-state index in [0.717, 1.165) is 0 Å². The minimum atomic E-state index is -1.11. The van der Waals surface area contributed by atoms with Gasteiger partial charge in [0.1, 0.15) is 0 Å². The Kier molecular flexibility index (Phi) is 5.24. The quantitative estimate of drug-likeness (QED) is 0.621. The first kappa shape index (κ1) is 13.8. The van der Waals surface area contributed by atoms with E-state index >= 15 is 0 Å². The van der Waals surface area contributed by atoms with Crippen LogP contribution in [0.1, 0.15) is 13.8 Å². The predicted molar refractivity (Wildman–Crippen MR) is 67.5 cm³/mol. The zero-order chi connectivity index (χ0) is 12.8. The van der Waals surface area contributed by atoms with Gasteiger partial charge in [0.15, 0.2) is 0 Å². The van der Waals surface area contributed by atoms with Gasteiger partial charge in [-0.3, -0.25) is 14.3 Å². The normalized spacial score (nSPS) is 12.6. The molecule has 0 amide bonds. The maximum absolute atomic E-state index is 11.8. The maximum Gasteiger partial charge on any atom is 0.269 e. The SMILES string of the molecule is CC(C)NCCS(=O)c1ccc([N+](=O)[O-])cc1. The number of benzene rings is 1. The Balaban J connectivity index is 2.55. The molecule has 0 radical (unpaired) electrons. The molecule has 0 aromatic heterocycles. The van der Waals surface area contributed by atoms with E-state index in [2.05, 4.69) is 5.32 Å². The Morgan fingerprint density at radius 2 is 1.94 bits per heavy atom. The van der Waals surface area contributed by atoms with Crippen molar-refractivity contribution < 1.29 is 9.13 Å². The number of non-ortho nitro benzene ring substituents is 1. The highest BCUT2D eigenvalue weighted by molar-refractivity contribution is 7.85. The van der Waals surface area contributed by atoms with Gasteiger partial charge in [0, 0.05) is 35.4 Å². The molecule has 5 nitrogen and oxygen atoms in total. The van der Waals surface area contributed by atoms with Crippen molar-refractivity contribution in [2.45, 2.75) is 24.8 Å². The number of nitro benzene ring substituents is 1. The summed E-state index contributed by atoms with van der Waals surface area (Å²) in [5, 5.41) is 13.6. The fourth-order valence-electron chi connectivity index (χ4n) is 1.28. The van der Waals surface area contributed by atoms with Crippen molar-refractivity contribution in [1.82, 2.24) is 5.32 Å². The van der Waals surface area contributed by atoms with Gasteiger partial charge in [0.2, 0.25) is 0 Å². The number of hydrogen-bond donors (Lipinski definition) is 1. The average Bonchev–Trinajstić information content (AvgIpc) is 2.28. The van der Waals surface area contributed by atoms with Crippen LogP contribution >= 0.6 is 0 Å². The molecule has 6 heteroatoms. The summed E-state index contributed by atoms with van der Waals surface area (Å²) in [5.74, 6) is 0.510. The minimum Gasteiger partial charge on any atom is -0.314 e. The van der Waals surface area contributed by atoms with E-state index in [-0.39, 0.29) is 5.69 Å². The first-order valence-corrected chi connectivity index (χ1v) is 6.69. The van der Waals surface area contributed by atoms with Crippen LogP contribution in [-0.4, -0.2) is 27.5 Å². The molecule has 1 unspecified atom stereocenters. The zero-order valence-electron chi connectivity index (χ0n) is 9.88. The van der Waals surface area contributed by atoms with E-state index in [0.29, 0.717) is 23.2 Å². The summed E-state index contributed by atoms with van der Waals surface area (Å²) in [6.07, 6.45) is 0. The van der Waals surface area contributed by atoms with Crippen LogP contribution in [0.3, 0.4) is 0 Å². The fourth-order valence-corrected chi connectivity index (χ4v) is 2.26. The molecule has 0 aliphatic carbocycles. The summed E-state index contributed by atoms with van der Waals surface area (Å²) in [4.78, 5) is 10.6. The molecule has 0 heterocycles. The monoisotopic (exact) mass is 256 g/mol. The third-order valence-electron chi connectivity index (χ3n) is 2.15. The summed E-state index contributed by atoms with van der Waals surface area (Å²) >= 11 is 0. The standard InChI is InChI=1S/C11H16N2O3S/c1-9(2)12-7-8-17(16)11-5-3-10(4-6-11)13(14)15/h3-6,9,12H,7-8H2,1-2H3. The van der Waals surface area contributed by atoms with Crippen molar-refractivity contribution >= 4 is 16.5 Å². The molecule has 1 rings (SSSR count). The van der Waals surface area contributed by atoms with Crippen molar-refractivity contribution in [2.24, 2.45) is 0 Å². The molecule has 0 saturated heterocycles. The zero-order valence-corrected chi connectivity index (χ0v) is 10.7. The highest BCUT2D eigenvalue weighted by Gasteiger charge is 2.08. The maximum atomic E-state index is 11.8. The molecule has 1 N–H and O–H groups in total. The Labute approximate surface area is 103 Å². The third kappa shape index (κ3) is 4.62. The van der Waals surface area contributed by atoms with Crippen LogP contribution in [0.2, 0.25) is 0 Å². The Hall–Kier alpha value is -1.27. The van der Waals surface area contributed by atoms with Crippen LogP contribution in [0, 0.1) is 10.1 Å². The second kappa shape index (κ2) is 6.46. The van der Waals surface area contributed by atoms with Gasteiger partial charge in [0.05, 0.1) is 15.7 Å². The topological polar surface area (TPSA) is 72.2 Å². The number of nitro groups is 1. The van der Waals surface area contributed by atoms with Gasteiger partial charge in [-0.25, -0.2) is 0 Å². The Morgan fingerprint density at radius 3 is 2.41 bits per heavy atom. The third-order valence-corrected chi connectivity index (χ3v) is 3.52. The lowest BCUT2D eigenvalue weighted by Crippen LogP contribution is -2.27. The molecule has 1 atom stereocenters. The smallest absolute Gasteiger partial charge is 0.269 e. The largest absolute Gasteiger partial charge is 0.314 e. The summed E-state index contributed by atoms with van der Waals surface area (Å²) in [6.45, 7) is 4.71. The number of nitrogens with one attached hydrogen (secondary N) is 1. The second-order valence-corrected chi connectivity index (χ2v) is 5.48. The lowest BCUT2D eigenvalue weighted by atomic mass is 10.3. The van der Waals surface area contributed by atoms with E-state index in [1.807, 2.05) is 13.8 Å². The highest BCUT2D eigenvalue weighted by Crippen LogP contribution is 2.14. The minimum absolute atomic E-state index is 0.0195. The summed E-state index contributed by atoms with van der Waals surface area (Å²) < 4.78 is 11.8. The van der Waals surface area contributed by atoms with Crippen molar-refractivity contribution in [2.75, 3.05) is 12.3 Å². The van der Waals surface area contributed by atoms with E-state index in [1.165, 1.54) is 12.1 Å². The van der Waals surface area contributed by atoms with Gasteiger partial charge in [-0.05, 0) is 12.1 Å². The highest BCUT2D eigenvalue weighted by atomic mass is 32.2. The van der Waals surface area contributed by atoms with Gasteiger partial charge in [-0.1, -0.05) is 13.8 Å². The van der Waals surface area contributed by atoms with E-state index in [1.54, 1.807) is 12.1 Å². The van der Waals surface area contributed by atoms with Crippen molar-refractivity contribution in [3.05, 3.63) is 34.4 Å². The van der Waals surface area contributed by atoms with Crippen LogP contribution in [-0.2, 0) is 10.8 Å². The second-order valence-electron chi connectivity index (χ2n) is 3.91. The summed E-state index contributed by atoms with van der Waals surface area (Å²) in [5.41, 5.74) is 0.0195. The van der Waals surface area contributed by atoms with Crippen LogP contribution < -0.4 is 5.32 Å². The van der Waals surface area contributed by atoms with Gasteiger partial charge in [-0.2, -0.15) is 0 Å². The molecule has 0 aliphatic rings. The lowest BCUT2D eigenvalue weighted by Gasteiger charge is -2.07. The first-order chi connectivity index (χ1) is 8.00. The van der Waals surface area contributed by atoms with E-state index in [9.17, 15) is 14.3 Å². The predicted octanol–water partition coefficient (Wildman–Crippen LogP) is 1.70. The molecule has 1 aromatic carbocycles. The van der Waals surface area contributed by atoms with Crippen molar-refractivity contribution in [3.63, 3.8) is 0 Å². The van der Waals surface area contributed by atoms with E-state index in [4.69, 9.17) is 0 Å². The molecule has 94 valence electrons. The summed E-state index contributed by atoms with van der Waals surface area (Å²) in [7, 11) is -1.11. The molecule has 1 aromatic rings. The molecular weight excluding hydrogens is 240 g/mol. The number of rotatable bonds is 6. The van der Waals surface area contributed by atoms with Gasteiger partial charge in [0.25, 0.3) is 5.69 Å². The fraction of sp³-hybridized carbons (Fsp3) is 0.455. The van der Waals surface area contributed by atoms with Crippen molar-refractivity contribution in [1.29, 1.82) is 0 Å². The van der Waals surface area contributed by atoms with Crippen LogP contribution in [0.5, 0.6) is 0 Å². The van der Waals surface area contributed by atoms with E-state index < -0.39 is 15.7 Å². The van der Waals surface area contributed by atoms with Crippen LogP contribution in [0.4, 0.5) is 5.69 Å². The number of nitrogens with zero attached hydrogens (tertiary/aromatic N) is 1. The molecule has 0 bridgehead atoms. The van der Waals surface area contributed by atoms with Gasteiger partial charge in [-0.15, -0.1) is 0 Å². The molecule has 0 spiro atoms. The van der Waals surface area contributed by atoms with Gasteiger partial charge < -0.3 is 5.32 Å². The van der Waals surface area contributed by atoms with Crippen LogP contribution in [0.25, 0.3) is 0 Å². The van der Waals surface area contributed by atoms with Crippen LogP contribution in [0.15, 0.2) is 29.2 Å². The Bertz CT molecular complexity index is 404. The average molecular weight is 256 g/mol. The first-order valence-electron chi connectivity index (χ1n) is 5.37. The molecule has 0 aliphatic heterocycles. The molecule has 17 heavy (non-hydrogen) atoms. The molecular formula is C11H16N2O3S. The van der Waals surface area contributed by atoms with Crippen molar-refractivity contribution in [3.8, 4) is 0 Å². The summed E-state index contributed by atoms with van der Waals surface area (Å²) in [6, 6.07) is 6.21. The molecule has 0 saturated carbocycles. The Morgan fingerprint density at radius 1 is 1.35 bits per heavy atom. The molecule has 0 fully saturated rings. The van der Waals surface area contributed by atoms with Gasteiger partial charge >= 0.3 is 0 Å².